The predicted octanol–water partition coefficient (Wildman–Crippen LogP) is 12.1. The van der Waals surface area contributed by atoms with Crippen molar-refractivity contribution in [1.82, 2.24) is 9.97 Å². The average Bonchev–Trinajstić information content (AvgIpc) is 3.77. The van der Waals surface area contributed by atoms with Gasteiger partial charge in [0.25, 0.3) is 0 Å². The third-order valence-electron chi connectivity index (χ3n) is 10.2. The monoisotopic (exact) mass is 844 g/mol. The van der Waals surface area contributed by atoms with Crippen molar-refractivity contribution in [2.45, 2.75) is 100 Å². The fourth-order valence-corrected chi connectivity index (χ4v) is 6.93. The van der Waals surface area contributed by atoms with E-state index in [9.17, 15) is 9.90 Å². The molecule has 6 rings (SSSR count). The van der Waals surface area contributed by atoms with Gasteiger partial charge in [-0.15, -0.1) is 23.6 Å². The Hall–Kier alpha value is -3.32. The van der Waals surface area contributed by atoms with Crippen LogP contribution in [0.15, 0.2) is 62.7 Å². The SMILES string of the molecule is CCC(C)(CC)C(=O)/C=C(\O)C(C)(CC)CC.Cc1cc2cc3c(cc2o1)oc1ncnc(-c2[c-]c4ccsc4c(C(C)(C)C)c2)c13.[Ir]. The van der Waals surface area contributed by atoms with Crippen LogP contribution in [0.1, 0.15) is 99.3 Å². The first-order valence-corrected chi connectivity index (χ1v) is 17.5. The largest absolute Gasteiger partial charge is 0.512 e. The minimum absolute atomic E-state index is 0. The maximum atomic E-state index is 12.2. The molecular formula is C40H47IrN2O4S-. The molecule has 2 aromatic carbocycles. The minimum atomic E-state index is -0.337. The quantitative estimate of drug-likeness (QED) is 0.0932. The molecule has 0 saturated carbocycles. The zero-order valence-corrected chi connectivity index (χ0v) is 33.0. The molecule has 0 atom stereocenters. The molecular weight excluding hydrogens is 797 g/mol. The van der Waals surface area contributed by atoms with Gasteiger partial charge in [-0.25, -0.2) is 4.98 Å². The summed E-state index contributed by atoms with van der Waals surface area (Å²) in [7, 11) is 0. The normalized spacial score (nSPS) is 12.8. The van der Waals surface area contributed by atoms with Crippen molar-refractivity contribution >= 4 is 60.2 Å². The zero-order chi connectivity index (χ0) is 34.3. The van der Waals surface area contributed by atoms with Gasteiger partial charge in [-0.3, -0.25) is 9.78 Å². The minimum Gasteiger partial charge on any atom is -0.512 e. The Balaban J connectivity index is 0.000000251. The van der Waals surface area contributed by atoms with Gasteiger partial charge in [0.2, 0.25) is 5.71 Å². The molecule has 0 amide bonds. The van der Waals surface area contributed by atoms with Gasteiger partial charge in [0.05, 0.1) is 0 Å². The summed E-state index contributed by atoms with van der Waals surface area (Å²) in [4.78, 5) is 21.3. The Morgan fingerprint density at radius 2 is 1.58 bits per heavy atom. The second-order valence-electron chi connectivity index (χ2n) is 14.2. The maximum Gasteiger partial charge on any atom is 0.223 e. The van der Waals surface area contributed by atoms with E-state index in [4.69, 9.17) is 8.83 Å². The number of nitrogens with zero attached hydrogens (tertiary/aromatic N) is 2. The number of hydrogen-bond donors (Lipinski definition) is 1. The molecule has 8 heteroatoms. The molecule has 0 fully saturated rings. The molecule has 0 aliphatic heterocycles. The Morgan fingerprint density at radius 1 is 0.917 bits per heavy atom. The van der Waals surface area contributed by atoms with E-state index in [1.165, 1.54) is 16.3 Å². The molecule has 257 valence electrons. The van der Waals surface area contributed by atoms with Crippen LogP contribution in [0.2, 0.25) is 0 Å². The van der Waals surface area contributed by atoms with E-state index < -0.39 is 0 Å². The third-order valence-corrected chi connectivity index (χ3v) is 11.1. The van der Waals surface area contributed by atoms with Gasteiger partial charge in [-0.1, -0.05) is 73.4 Å². The first-order valence-electron chi connectivity index (χ1n) is 16.6. The molecule has 48 heavy (non-hydrogen) atoms. The number of hydrogen-bond acceptors (Lipinski definition) is 7. The van der Waals surface area contributed by atoms with E-state index in [1.54, 1.807) is 17.7 Å². The van der Waals surface area contributed by atoms with Crippen LogP contribution in [-0.2, 0) is 30.3 Å². The number of carbonyl (C=O) groups is 1. The molecule has 0 aliphatic carbocycles. The number of aromatic nitrogens is 2. The summed E-state index contributed by atoms with van der Waals surface area (Å²) >= 11 is 1.76. The molecule has 1 radical (unpaired) electrons. The summed E-state index contributed by atoms with van der Waals surface area (Å²) in [5.74, 6) is 1.17. The zero-order valence-electron chi connectivity index (χ0n) is 29.8. The molecule has 0 unspecified atom stereocenters. The Labute approximate surface area is 301 Å². The molecule has 6 aromatic rings. The summed E-state index contributed by atoms with van der Waals surface area (Å²) < 4.78 is 13.1. The third kappa shape index (κ3) is 7.03. The molecule has 0 spiro atoms. The van der Waals surface area contributed by atoms with Crippen molar-refractivity contribution < 1.29 is 38.8 Å². The summed E-state index contributed by atoms with van der Waals surface area (Å²) in [5, 5.41) is 16.3. The second-order valence-corrected chi connectivity index (χ2v) is 15.1. The number of fused-ring (bicyclic) bond motifs is 5. The molecule has 1 N–H and O–H groups in total. The number of benzene rings is 2. The Bertz CT molecular complexity index is 2100. The number of allylic oxidation sites excluding steroid dienone is 2. The van der Waals surface area contributed by atoms with E-state index in [2.05, 4.69) is 60.4 Å². The van der Waals surface area contributed by atoms with Crippen LogP contribution >= 0.6 is 11.3 Å². The van der Waals surface area contributed by atoms with Gasteiger partial charge in [0.15, 0.2) is 5.78 Å². The van der Waals surface area contributed by atoms with Gasteiger partial charge in [-0.2, -0.15) is 11.3 Å². The van der Waals surface area contributed by atoms with Crippen LogP contribution in [0, 0.1) is 23.8 Å². The number of furan rings is 2. The number of rotatable bonds is 8. The van der Waals surface area contributed by atoms with E-state index >= 15 is 0 Å². The number of aryl methyl sites for hydroxylation is 1. The van der Waals surface area contributed by atoms with Gasteiger partial charge >= 0.3 is 0 Å². The van der Waals surface area contributed by atoms with Crippen LogP contribution in [0.5, 0.6) is 0 Å². The number of aliphatic hydroxyl groups excluding tert-OH is 1. The summed E-state index contributed by atoms with van der Waals surface area (Å²) in [6.45, 7) is 20.8. The van der Waals surface area contributed by atoms with Crippen LogP contribution in [0.3, 0.4) is 0 Å². The molecule has 4 heterocycles. The molecule has 0 saturated heterocycles. The predicted molar refractivity (Wildman–Crippen MR) is 195 cm³/mol. The molecule has 0 bridgehead atoms. The van der Waals surface area contributed by atoms with E-state index in [0.717, 1.165) is 75.4 Å². The Morgan fingerprint density at radius 3 is 2.21 bits per heavy atom. The number of aliphatic hydroxyl groups is 1. The molecule has 0 aliphatic rings. The number of carbonyl (C=O) groups excluding carboxylic acids is 1. The first-order chi connectivity index (χ1) is 22.2. The maximum absolute atomic E-state index is 12.2. The smallest absolute Gasteiger partial charge is 0.223 e. The van der Waals surface area contributed by atoms with Gasteiger partial charge in [0.1, 0.15) is 29.0 Å². The van der Waals surface area contributed by atoms with E-state index in [-0.39, 0.29) is 47.9 Å². The van der Waals surface area contributed by atoms with Crippen LogP contribution in [0.4, 0.5) is 0 Å². The number of thiophene rings is 1. The van der Waals surface area contributed by atoms with E-state index in [0.29, 0.717) is 5.71 Å². The fourth-order valence-electron chi connectivity index (χ4n) is 5.85. The van der Waals surface area contributed by atoms with Crippen molar-refractivity contribution in [3.8, 4) is 11.3 Å². The van der Waals surface area contributed by atoms with Gasteiger partial charge < -0.3 is 13.9 Å². The average molecular weight is 844 g/mol. The molecule has 4 aromatic heterocycles. The standard InChI is InChI=1S/C25H19N2O2S.C15H28O2.Ir/c1-13-7-15-9-17-20(11-19(15)28-13)29-24-21(17)22(26-12-27-24)16-8-14-5-6-30-23(14)18(10-16)25(2,3)4;1-7-14(5,8-2)12(16)11-13(17)15(6,9-3)10-4;/h5-7,9-12H,1-4H3;11,16H,7-10H2,1-6H3;/q-1;;/b;12-11-;. The first kappa shape index (κ1) is 37.5. The van der Waals surface area contributed by atoms with Crippen molar-refractivity contribution in [3.05, 3.63) is 71.3 Å². The van der Waals surface area contributed by atoms with Crippen molar-refractivity contribution in [2.75, 3.05) is 0 Å². The second kappa shape index (κ2) is 14.3. The van der Waals surface area contributed by atoms with Crippen molar-refractivity contribution in [3.63, 3.8) is 0 Å². The molecule has 6 nitrogen and oxygen atoms in total. The fraction of sp³-hybridized carbons (Fsp3) is 0.425. The Kier molecular flexibility index (Phi) is 11.1. The summed E-state index contributed by atoms with van der Waals surface area (Å²) in [6, 6.07) is 14.0. The number of ketones is 1. The summed E-state index contributed by atoms with van der Waals surface area (Å²) in [5.41, 5.74) is 4.66. The van der Waals surface area contributed by atoms with Crippen LogP contribution in [0.25, 0.3) is 54.4 Å². The van der Waals surface area contributed by atoms with Crippen molar-refractivity contribution in [1.29, 1.82) is 0 Å². The summed E-state index contributed by atoms with van der Waals surface area (Å²) in [6.07, 6.45) is 6.32. The topological polar surface area (TPSA) is 89.4 Å². The van der Waals surface area contributed by atoms with E-state index in [1.807, 2.05) is 60.6 Å². The van der Waals surface area contributed by atoms with Gasteiger partial charge in [0, 0.05) is 64.9 Å². The van der Waals surface area contributed by atoms with Gasteiger partial charge in [-0.05, 0) is 60.2 Å². The van der Waals surface area contributed by atoms with Crippen LogP contribution < -0.4 is 0 Å². The van der Waals surface area contributed by atoms with Crippen LogP contribution in [-0.4, -0.2) is 20.9 Å². The van der Waals surface area contributed by atoms with Crippen molar-refractivity contribution in [2.24, 2.45) is 10.8 Å².